The zero-order valence-electron chi connectivity index (χ0n) is 10.3. The Morgan fingerprint density at radius 3 is 2.14 bits per heavy atom. The summed E-state index contributed by atoms with van der Waals surface area (Å²) < 4.78 is 0. The van der Waals surface area contributed by atoms with E-state index in [1.807, 2.05) is 0 Å². The van der Waals surface area contributed by atoms with Crippen LogP contribution in [0.15, 0.2) is 0 Å². The zero-order valence-corrected chi connectivity index (χ0v) is 10.3. The highest BCUT2D eigenvalue weighted by Gasteiger charge is 2.05. The number of aliphatic hydroxyl groups is 1. The van der Waals surface area contributed by atoms with Crippen molar-refractivity contribution >= 4 is 0 Å². The van der Waals surface area contributed by atoms with Gasteiger partial charge in [0.05, 0.1) is 0 Å². The SMILES string of the molecule is CCC[C@@H](CC)CCCC[C@H](C)CO. The van der Waals surface area contributed by atoms with Gasteiger partial charge >= 0.3 is 0 Å². The molecule has 0 bridgehead atoms. The molecule has 0 saturated heterocycles. The minimum atomic E-state index is 0.353. The number of aliphatic hydroxyl groups excluding tert-OH is 1. The highest BCUT2D eigenvalue weighted by Crippen LogP contribution is 2.19. The quantitative estimate of drug-likeness (QED) is 0.558. The van der Waals surface area contributed by atoms with Crippen molar-refractivity contribution < 1.29 is 5.11 Å². The van der Waals surface area contributed by atoms with Crippen molar-refractivity contribution in [1.29, 1.82) is 0 Å². The Morgan fingerprint density at radius 2 is 1.64 bits per heavy atom. The van der Waals surface area contributed by atoms with Gasteiger partial charge in [0.15, 0.2) is 0 Å². The van der Waals surface area contributed by atoms with Gasteiger partial charge in [-0.1, -0.05) is 59.3 Å². The summed E-state index contributed by atoms with van der Waals surface area (Å²) in [7, 11) is 0. The van der Waals surface area contributed by atoms with E-state index in [-0.39, 0.29) is 0 Å². The minimum absolute atomic E-state index is 0.353. The Morgan fingerprint density at radius 1 is 1.00 bits per heavy atom. The fourth-order valence-corrected chi connectivity index (χ4v) is 1.98. The Kier molecular flexibility index (Phi) is 9.49. The maximum Gasteiger partial charge on any atom is 0.0456 e. The van der Waals surface area contributed by atoms with Crippen LogP contribution in [-0.2, 0) is 0 Å². The van der Waals surface area contributed by atoms with Crippen LogP contribution in [0.5, 0.6) is 0 Å². The normalized spacial score (nSPS) is 15.4. The highest BCUT2D eigenvalue weighted by atomic mass is 16.3. The van der Waals surface area contributed by atoms with Crippen LogP contribution in [0.4, 0.5) is 0 Å². The maximum absolute atomic E-state index is 8.87. The van der Waals surface area contributed by atoms with Crippen molar-refractivity contribution in [2.75, 3.05) is 6.61 Å². The minimum Gasteiger partial charge on any atom is -0.396 e. The van der Waals surface area contributed by atoms with Crippen LogP contribution < -0.4 is 0 Å². The first-order valence-electron chi connectivity index (χ1n) is 6.35. The molecule has 2 atom stereocenters. The van der Waals surface area contributed by atoms with Crippen molar-refractivity contribution in [3.05, 3.63) is 0 Å². The summed E-state index contributed by atoms with van der Waals surface area (Å²) in [5, 5.41) is 8.87. The van der Waals surface area contributed by atoms with Crippen molar-refractivity contribution in [1.82, 2.24) is 0 Å². The second kappa shape index (κ2) is 9.51. The summed E-state index contributed by atoms with van der Waals surface area (Å²) in [4.78, 5) is 0. The highest BCUT2D eigenvalue weighted by molar-refractivity contribution is 4.58. The van der Waals surface area contributed by atoms with Gasteiger partial charge in [-0.05, 0) is 18.3 Å². The van der Waals surface area contributed by atoms with Crippen molar-refractivity contribution in [3.8, 4) is 0 Å². The lowest BCUT2D eigenvalue weighted by Crippen LogP contribution is -2.02. The summed E-state index contributed by atoms with van der Waals surface area (Å²) in [5.74, 6) is 1.45. The number of hydrogen-bond donors (Lipinski definition) is 1. The van der Waals surface area contributed by atoms with Crippen molar-refractivity contribution in [2.45, 2.75) is 65.7 Å². The Balaban J connectivity index is 3.32. The molecule has 1 nitrogen and oxygen atoms in total. The molecule has 0 spiro atoms. The first kappa shape index (κ1) is 14.0. The lowest BCUT2D eigenvalue weighted by molar-refractivity contribution is 0.226. The predicted molar refractivity (Wildman–Crippen MR) is 63.4 cm³/mol. The molecular weight excluding hydrogens is 172 g/mol. The number of rotatable bonds is 9. The summed E-state index contributed by atoms with van der Waals surface area (Å²) in [6.07, 6.45) is 9.29. The second-order valence-electron chi connectivity index (χ2n) is 4.64. The first-order chi connectivity index (χ1) is 6.74. The van der Waals surface area contributed by atoms with Crippen LogP contribution in [0.2, 0.25) is 0 Å². The molecule has 0 fully saturated rings. The van der Waals surface area contributed by atoms with Crippen LogP contribution in [0.25, 0.3) is 0 Å². The van der Waals surface area contributed by atoms with E-state index in [0.717, 1.165) is 5.92 Å². The molecular formula is C13H28O. The van der Waals surface area contributed by atoms with Crippen LogP contribution in [0.1, 0.15) is 65.7 Å². The molecule has 0 saturated carbocycles. The lowest BCUT2D eigenvalue weighted by Gasteiger charge is -2.14. The fourth-order valence-electron chi connectivity index (χ4n) is 1.98. The van der Waals surface area contributed by atoms with Gasteiger partial charge in [-0.2, -0.15) is 0 Å². The molecule has 0 rings (SSSR count). The van der Waals surface area contributed by atoms with Gasteiger partial charge in [-0.15, -0.1) is 0 Å². The number of hydrogen-bond acceptors (Lipinski definition) is 1. The Hall–Kier alpha value is -0.0400. The molecule has 1 heteroatoms. The monoisotopic (exact) mass is 200 g/mol. The van der Waals surface area contributed by atoms with E-state index in [1.165, 1.54) is 44.9 Å². The molecule has 0 aliphatic heterocycles. The third-order valence-corrected chi connectivity index (χ3v) is 3.15. The van der Waals surface area contributed by atoms with Crippen LogP contribution in [-0.4, -0.2) is 11.7 Å². The molecule has 0 aromatic rings. The molecule has 0 radical (unpaired) electrons. The van der Waals surface area contributed by atoms with Gasteiger partial charge in [0.25, 0.3) is 0 Å². The first-order valence-corrected chi connectivity index (χ1v) is 6.35. The molecule has 86 valence electrons. The van der Waals surface area contributed by atoms with Gasteiger partial charge in [0.1, 0.15) is 0 Å². The Labute approximate surface area is 89.9 Å². The van der Waals surface area contributed by atoms with E-state index < -0.39 is 0 Å². The Bertz CT molecular complexity index is 112. The van der Waals surface area contributed by atoms with E-state index in [2.05, 4.69) is 20.8 Å². The van der Waals surface area contributed by atoms with Crippen LogP contribution in [0, 0.1) is 11.8 Å². The average molecular weight is 200 g/mol. The van der Waals surface area contributed by atoms with Crippen molar-refractivity contribution in [3.63, 3.8) is 0 Å². The van der Waals surface area contributed by atoms with E-state index >= 15 is 0 Å². The molecule has 0 heterocycles. The van der Waals surface area contributed by atoms with E-state index in [1.54, 1.807) is 0 Å². The lowest BCUT2D eigenvalue weighted by atomic mass is 9.93. The largest absolute Gasteiger partial charge is 0.396 e. The summed E-state index contributed by atoms with van der Waals surface area (Å²) >= 11 is 0. The molecule has 0 aromatic carbocycles. The molecule has 0 aliphatic rings. The van der Waals surface area contributed by atoms with Crippen molar-refractivity contribution in [2.24, 2.45) is 11.8 Å². The van der Waals surface area contributed by atoms with Gasteiger partial charge in [0, 0.05) is 6.61 Å². The summed E-state index contributed by atoms with van der Waals surface area (Å²) in [6.45, 7) is 7.06. The molecule has 1 N–H and O–H groups in total. The standard InChI is InChI=1S/C13H28O/c1-4-8-13(5-2)10-7-6-9-12(3)11-14/h12-14H,4-11H2,1-3H3/t12-,13+/m0/s1. The molecule has 0 unspecified atom stereocenters. The summed E-state index contributed by atoms with van der Waals surface area (Å²) in [5.41, 5.74) is 0. The second-order valence-corrected chi connectivity index (χ2v) is 4.64. The third kappa shape index (κ3) is 7.37. The topological polar surface area (TPSA) is 20.2 Å². The molecule has 0 aliphatic carbocycles. The molecule has 0 amide bonds. The van der Waals surface area contributed by atoms with Gasteiger partial charge in [-0.3, -0.25) is 0 Å². The van der Waals surface area contributed by atoms with Crippen LogP contribution >= 0.6 is 0 Å². The molecule has 0 aromatic heterocycles. The van der Waals surface area contributed by atoms with E-state index in [9.17, 15) is 0 Å². The van der Waals surface area contributed by atoms with E-state index in [4.69, 9.17) is 5.11 Å². The van der Waals surface area contributed by atoms with Gasteiger partial charge in [0.2, 0.25) is 0 Å². The molecule has 14 heavy (non-hydrogen) atoms. The van der Waals surface area contributed by atoms with E-state index in [0.29, 0.717) is 12.5 Å². The maximum atomic E-state index is 8.87. The number of unbranched alkanes of at least 4 members (excludes halogenated alkanes) is 1. The summed E-state index contributed by atoms with van der Waals surface area (Å²) in [6, 6.07) is 0. The zero-order chi connectivity index (χ0) is 10.8. The van der Waals surface area contributed by atoms with Gasteiger partial charge < -0.3 is 5.11 Å². The van der Waals surface area contributed by atoms with Crippen LogP contribution in [0.3, 0.4) is 0 Å². The predicted octanol–water partition coefficient (Wildman–Crippen LogP) is 4.00. The average Bonchev–Trinajstić information content (AvgIpc) is 2.22. The fraction of sp³-hybridized carbons (Fsp3) is 1.00. The van der Waals surface area contributed by atoms with Gasteiger partial charge in [-0.25, -0.2) is 0 Å². The third-order valence-electron chi connectivity index (χ3n) is 3.15. The smallest absolute Gasteiger partial charge is 0.0456 e.